The quantitative estimate of drug-likeness (QED) is 0.832. The van der Waals surface area contributed by atoms with Crippen molar-refractivity contribution in [1.82, 2.24) is 9.88 Å². The molecule has 1 aromatic heterocycles. The van der Waals surface area contributed by atoms with E-state index in [2.05, 4.69) is 9.80 Å². The first-order valence-electron chi connectivity index (χ1n) is 8.14. The van der Waals surface area contributed by atoms with Crippen LogP contribution in [0.25, 0.3) is 11.3 Å². The standard InChI is InChI=1S/C17H22N4O2S/c18-6-1-7-20-8-10-21(11-9-20)17-19-15(12-24-17)13-2-4-14(5-3-13)16(22)23/h2-5,12H,1,6-11,18H2,(H,22,23). The van der Waals surface area contributed by atoms with Gasteiger partial charge in [0.15, 0.2) is 5.13 Å². The van der Waals surface area contributed by atoms with Crippen LogP contribution in [0.4, 0.5) is 5.13 Å². The highest BCUT2D eigenvalue weighted by Crippen LogP contribution is 2.28. The van der Waals surface area contributed by atoms with E-state index in [1.54, 1.807) is 23.5 Å². The normalized spacial score (nSPS) is 15.6. The fraction of sp³-hybridized carbons (Fsp3) is 0.412. The second-order valence-electron chi connectivity index (χ2n) is 5.87. The van der Waals surface area contributed by atoms with Crippen LogP contribution in [0.2, 0.25) is 0 Å². The summed E-state index contributed by atoms with van der Waals surface area (Å²) in [5.41, 5.74) is 7.71. The van der Waals surface area contributed by atoms with Crippen LogP contribution in [0.3, 0.4) is 0 Å². The summed E-state index contributed by atoms with van der Waals surface area (Å²) in [7, 11) is 0. The van der Waals surface area contributed by atoms with E-state index < -0.39 is 5.97 Å². The fourth-order valence-corrected chi connectivity index (χ4v) is 3.69. The van der Waals surface area contributed by atoms with Gasteiger partial charge in [0.05, 0.1) is 11.3 Å². The molecule has 128 valence electrons. The van der Waals surface area contributed by atoms with Crippen LogP contribution in [0.5, 0.6) is 0 Å². The minimum absolute atomic E-state index is 0.294. The van der Waals surface area contributed by atoms with Gasteiger partial charge in [0.1, 0.15) is 0 Å². The van der Waals surface area contributed by atoms with Gasteiger partial charge in [-0.15, -0.1) is 11.3 Å². The SMILES string of the molecule is NCCCN1CCN(c2nc(-c3ccc(C(=O)O)cc3)cs2)CC1. The largest absolute Gasteiger partial charge is 0.478 e. The van der Waals surface area contributed by atoms with Crippen LogP contribution < -0.4 is 10.6 Å². The van der Waals surface area contributed by atoms with Crippen molar-refractivity contribution in [3.63, 3.8) is 0 Å². The van der Waals surface area contributed by atoms with Crippen LogP contribution in [0, 0.1) is 0 Å². The number of hydrogen-bond acceptors (Lipinski definition) is 6. The monoisotopic (exact) mass is 346 g/mol. The van der Waals surface area contributed by atoms with Crippen LogP contribution in [-0.4, -0.2) is 60.2 Å². The van der Waals surface area contributed by atoms with Crippen molar-refractivity contribution in [3.8, 4) is 11.3 Å². The zero-order valence-electron chi connectivity index (χ0n) is 13.5. The zero-order valence-corrected chi connectivity index (χ0v) is 14.3. The molecular weight excluding hydrogens is 324 g/mol. The molecule has 3 N–H and O–H groups in total. The Morgan fingerprint density at radius 2 is 1.92 bits per heavy atom. The smallest absolute Gasteiger partial charge is 0.335 e. The number of aromatic carboxylic acids is 1. The molecule has 2 heterocycles. The fourth-order valence-electron chi connectivity index (χ4n) is 2.80. The third-order valence-corrected chi connectivity index (χ3v) is 5.14. The Morgan fingerprint density at radius 3 is 2.54 bits per heavy atom. The number of nitrogens with zero attached hydrogens (tertiary/aromatic N) is 3. The number of benzene rings is 1. The van der Waals surface area contributed by atoms with Crippen molar-refractivity contribution in [3.05, 3.63) is 35.2 Å². The molecule has 1 fully saturated rings. The maximum absolute atomic E-state index is 10.9. The van der Waals surface area contributed by atoms with Gasteiger partial charge < -0.3 is 15.7 Å². The maximum atomic E-state index is 10.9. The Hall–Kier alpha value is -1.96. The summed E-state index contributed by atoms with van der Waals surface area (Å²) >= 11 is 1.64. The summed E-state index contributed by atoms with van der Waals surface area (Å²) in [6.07, 6.45) is 1.05. The lowest BCUT2D eigenvalue weighted by molar-refractivity contribution is 0.0697. The van der Waals surface area contributed by atoms with Gasteiger partial charge in [0.25, 0.3) is 0 Å². The number of carboxylic acid groups (broad SMARTS) is 1. The van der Waals surface area contributed by atoms with E-state index in [1.807, 2.05) is 17.5 Å². The lowest BCUT2D eigenvalue weighted by Gasteiger charge is -2.34. The third kappa shape index (κ3) is 3.92. The summed E-state index contributed by atoms with van der Waals surface area (Å²) in [5, 5.41) is 12.0. The Morgan fingerprint density at radius 1 is 1.21 bits per heavy atom. The maximum Gasteiger partial charge on any atom is 0.335 e. The molecule has 0 radical (unpaired) electrons. The van der Waals surface area contributed by atoms with Gasteiger partial charge in [-0.2, -0.15) is 0 Å². The summed E-state index contributed by atoms with van der Waals surface area (Å²) in [5.74, 6) is -0.909. The molecule has 2 aromatic rings. The molecule has 1 aliphatic heterocycles. The highest BCUT2D eigenvalue weighted by atomic mass is 32.1. The van der Waals surface area contributed by atoms with Crippen molar-refractivity contribution in [2.45, 2.75) is 6.42 Å². The first-order valence-corrected chi connectivity index (χ1v) is 9.02. The summed E-state index contributed by atoms with van der Waals surface area (Å²) in [6.45, 7) is 5.87. The Labute approximate surface area is 145 Å². The van der Waals surface area contributed by atoms with E-state index >= 15 is 0 Å². The molecule has 1 aliphatic rings. The van der Waals surface area contributed by atoms with Gasteiger partial charge in [0.2, 0.25) is 0 Å². The third-order valence-electron chi connectivity index (χ3n) is 4.24. The molecule has 6 nitrogen and oxygen atoms in total. The van der Waals surface area contributed by atoms with Crippen LogP contribution in [0.1, 0.15) is 16.8 Å². The molecule has 0 aliphatic carbocycles. The molecule has 0 amide bonds. The number of aromatic nitrogens is 1. The van der Waals surface area contributed by atoms with Crippen LogP contribution in [-0.2, 0) is 0 Å². The highest BCUT2D eigenvalue weighted by molar-refractivity contribution is 7.14. The highest BCUT2D eigenvalue weighted by Gasteiger charge is 2.19. The van der Waals surface area contributed by atoms with Crippen molar-refractivity contribution in [2.24, 2.45) is 5.73 Å². The molecule has 24 heavy (non-hydrogen) atoms. The molecule has 7 heteroatoms. The van der Waals surface area contributed by atoms with Crippen molar-refractivity contribution < 1.29 is 9.90 Å². The number of rotatable bonds is 6. The molecule has 1 aromatic carbocycles. The van der Waals surface area contributed by atoms with Crippen molar-refractivity contribution in [2.75, 3.05) is 44.2 Å². The predicted octanol–water partition coefficient (Wildman–Crippen LogP) is 1.98. The van der Waals surface area contributed by atoms with Crippen molar-refractivity contribution >= 4 is 22.4 Å². The molecule has 0 unspecified atom stereocenters. The van der Waals surface area contributed by atoms with E-state index in [0.29, 0.717) is 5.56 Å². The van der Waals surface area contributed by atoms with E-state index in [4.69, 9.17) is 15.8 Å². The Balaban J connectivity index is 1.62. The number of hydrogen-bond donors (Lipinski definition) is 2. The van der Waals surface area contributed by atoms with Crippen LogP contribution in [0.15, 0.2) is 29.6 Å². The topological polar surface area (TPSA) is 82.7 Å². The minimum atomic E-state index is -0.909. The van der Waals surface area contributed by atoms with Crippen molar-refractivity contribution in [1.29, 1.82) is 0 Å². The molecule has 0 spiro atoms. The average Bonchev–Trinajstić information content (AvgIpc) is 3.10. The second-order valence-corrected chi connectivity index (χ2v) is 6.71. The Bertz CT molecular complexity index is 678. The summed E-state index contributed by atoms with van der Waals surface area (Å²) < 4.78 is 0. The van der Waals surface area contributed by atoms with Gasteiger partial charge in [-0.05, 0) is 31.6 Å². The predicted molar refractivity (Wildman–Crippen MR) is 96.8 cm³/mol. The molecular formula is C17H22N4O2S. The number of thiazole rings is 1. The minimum Gasteiger partial charge on any atom is -0.478 e. The zero-order chi connectivity index (χ0) is 16.9. The molecule has 3 rings (SSSR count). The molecule has 0 bridgehead atoms. The lowest BCUT2D eigenvalue weighted by atomic mass is 10.1. The van der Waals surface area contributed by atoms with Gasteiger partial charge in [0, 0.05) is 37.1 Å². The first-order chi connectivity index (χ1) is 11.7. The lowest BCUT2D eigenvalue weighted by Crippen LogP contribution is -2.46. The van der Waals surface area contributed by atoms with E-state index in [9.17, 15) is 4.79 Å². The number of carboxylic acids is 1. The number of anilines is 1. The molecule has 0 saturated carbocycles. The van der Waals surface area contributed by atoms with E-state index in [0.717, 1.165) is 62.1 Å². The summed E-state index contributed by atoms with van der Waals surface area (Å²) in [6, 6.07) is 6.86. The molecule has 0 atom stereocenters. The van der Waals surface area contributed by atoms with Gasteiger partial charge in [-0.25, -0.2) is 9.78 Å². The Kier molecular flexibility index (Phi) is 5.44. The average molecular weight is 346 g/mol. The van der Waals surface area contributed by atoms with E-state index in [-0.39, 0.29) is 0 Å². The van der Waals surface area contributed by atoms with E-state index in [1.165, 1.54) is 0 Å². The number of nitrogens with two attached hydrogens (primary N) is 1. The number of piperazine rings is 1. The summed E-state index contributed by atoms with van der Waals surface area (Å²) in [4.78, 5) is 20.4. The molecule has 1 saturated heterocycles. The van der Waals surface area contributed by atoms with Crippen LogP contribution >= 0.6 is 11.3 Å². The first kappa shape index (κ1) is 16.9. The van der Waals surface area contributed by atoms with Gasteiger partial charge in [-0.1, -0.05) is 12.1 Å². The van der Waals surface area contributed by atoms with Gasteiger partial charge >= 0.3 is 5.97 Å². The second kappa shape index (κ2) is 7.74. The van der Waals surface area contributed by atoms with Gasteiger partial charge in [-0.3, -0.25) is 4.90 Å². The number of carbonyl (C=O) groups is 1.